The summed E-state index contributed by atoms with van der Waals surface area (Å²) < 4.78 is 24.1. The van der Waals surface area contributed by atoms with Gasteiger partial charge in [-0.2, -0.15) is 0 Å². The van der Waals surface area contributed by atoms with E-state index in [0.29, 0.717) is 25.3 Å². The third-order valence-electron chi connectivity index (χ3n) is 4.64. The van der Waals surface area contributed by atoms with Crippen LogP contribution in [0, 0.1) is 11.2 Å². The number of nitrogens with two attached hydrogens (primary N) is 1. The third-order valence-corrected chi connectivity index (χ3v) is 4.64. The van der Waals surface area contributed by atoms with Crippen LogP contribution < -0.4 is 15.8 Å². The Morgan fingerprint density at radius 3 is 2.67 bits per heavy atom. The molecule has 1 saturated carbocycles. The first-order valence-electron chi connectivity index (χ1n) is 8.50. The largest absolute Gasteiger partial charge is 0.488 e. The van der Waals surface area contributed by atoms with Crippen LogP contribution in [0.3, 0.4) is 0 Å². The molecular weight excluding hydrogens is 311 g/mol. The smallest absolute Gasteiger partial charge is 0.224 e. The summed E-state index contributed by atoms with van der Waals surface area (Å²) in [6, 6.07) is 4.43. The SMILES string of the molecule is COCCOc1ccc(NC(=O)CC2(CN)CCCCC2)cc1F. The summed E-state index contributed by atoms with van der Waals surface area (Å²) >= 11 is 0. The summed E-state index contributed by atoms with van der Waals surface area (Å²) in [5.74, 6) is -0.472. The molecule has 1 aromatic rings. The van der Waals surface area contributed by atoms with Crippen LogP contribution in [-0.2, 0) is 9.53 Å². The van der Waals surface area contributed by atoms with Crippen molar-refractivity contribution in [2.24, 2.45) is 11.1 Å². The predicted molar refractivity (Wildman–Crippen MR) is 91.6 cm³/mol. The van der Waals surface area contributed by atoms with E-state index in [2.05, 4.69) is 5.32 Å². The van der Waals surface area contributed by atoms with Crippen molar-refractivity contribution in [1.29, 1.82) is 0 Å². The second-order valence-corrected chi connectivity index (χ2v) is 6.48. The Bertz CT molecular complexity index is 545. The first-order chi connectivity index (χ1) is 11.6. The van der Waals surface area contributed by atoms with Crippen LogP contribution in [0.5, 0.6) is 5.75 Å². The average molecular weight is 338 g/mol. The Morgan fingerprint density at radius 1 is 1.29 bits per heavy atom. The number of methoxy groups -OCH3 is 1. The van der Waals surface area contributed by atoms with Gasteiger partial charge < -0.3 is 20.5 Å². The van der Waals surface area contributed by atoms with Gasteiger partial charge in [0.15, 0.2) is 11.6 Å². The number of anilines is 1. The van der Waals surface area contributed by atoms with Gasteiger partial charge in [0.25, 0.3) is 0 Å². The molecule has 1 aliphatic carbocycles. The first kappa shape index (κ1) is 18.7. The molecule has 3 N–H and O–H groups in total. The second kappa shape index (κ2) is 8.99. The highest BCUT2D eigenvalue weighted by Crippen LogP contribution is 2.38. The molecule has 0 spiro atoms. The van der Waals surface area contributed by atoms with E-state index in [4.69, 9.17) is 15.2 Å². The summed E-state index contributed by atoms with van der Waals surface area (Å²) in [5, 5.41) is 2.77. The average Bonchev–Trinajstić information content (AvgIpc) is 2.57. The number of halogens is 1. The topological polar surface area (TPSA) is 73.6 Å². The molecule has 1 aliphatic rings. The van der Waals surface area contributed by atoms with Gasteiger partial charge in [-0.1, -0.05) is 19.3 Å². The minimum Gasteiger partial charge on any atom is -0.488 e. The van der Waals surface area contributed by atoms with Gasteiger partial charge in [-0.15, -0.1) is 0 Å². The molecule has 134 valence electrons. The van der Waals surface area contributed by atoms with E-state index in [1.54, 1.807) is 13.2 Å². The van der Waals surface area contributed by atoms with Gasteiger partial charge in [0.05, 0.1) is 6.61 Å². The van der Waals surface area contributed by atoms with E-state index >= 15 is 0 Å². The Morgan fingerprint density at radius 2 is 2.04 bits per heavy atom. The molecule has 0 radical (unpaired) electrons. The molecule has 2 rings (SSSR count). The number of hydrogen-bond acceptors (Lipinski definition) is 4. The van der Waals surface area contributed by atoms with E-state index in [0.717, 1.165) is 25.7 Å². The zero-order valence-corrected chi connectivity index (χ0v) is 14.3. The van der Waals surface area contributed by atoms with E-state index in [-0.39, 0.29) is 23.7 Å². The van der Waals surface area contributed by atoms with Gasteiger partial charge in [-0.3, -0.25) is 4.79 Å². The van der Waals surface area contributed by atoms with E-state index in [9.17, 15) is 9.18 Å². The molecule has 24 heavy (non-hydrogen) atoms. The molecule has 1 amide bonds. The standard InChI is InChI=1S/C18H27FN2O3/c1-23-9-10-24-16-6-5-14(11-15(16)19)21-17(22)12-18(13-20)7-3-2-4-8-18/h5-6,11H,2-4,7-10,12-13,20H2,1H3,(H,21,22). The molecular formula is C18H27FN2O3. The van der Waals surface area contributed by atoms with Crippen molar-refractivity contribution in [1.82, 2.24) is 0 Å². The number of carbonyl (C=O) groups excluding carboxylic acids is 1. The maximum absolute atomic E-state index is 14.0. The first-order valence-corrected chi connectivity index (χ1v) is 8.50. The van der Waals surface area contributed by atoms with E-state index in [1.165, 1.54) is 18.6 Å². The zero-order valence-electron chi connectivity index (χ0n) is 14.3. The van der Waals surface area contributed by atoms with Gasteiger partial charge in [0, 0.05) is 25.3 Å². The Labute approximate surface area is 142 Å². The zero-order chi connectivity index (χ0) is 17.4. The lowest BCUT2D eigenvalue weighted by molar-refractivity contribution is -0.118. The van der Waals surface area contributed by atoms with E-state index < -0.39 is 5.82 Å². The van der Waals surface area contributed by atoms with E-state index in [1.807, 2.05) is 0 Å². The number of ether oxygens (including phenoxy) is 2. The Balaban J connectivity index is 1.92. The number of hydrogen-bond donors (Lipinski definition) is 2. The van der Waals surface area contributed by atoms with Gasteiger partial charge >= 0.3 is 0 Å². The lowest BCUT2D eigenvalue weighted by Crippen LogP contribution is -2.36. The molecule has 0 heterocycles. The highest BCUT2D eigenvalue weighted by Gasteiger charge is 2.32. The fourth-order valence-corrected chi connectivity index (χ4v) is 3.23. The van der Waals surface area contributed by atoms with Crippen molar-refractivity contribution in [2.75, 3.05) is 32.2 Å². The summed E-state index contributed by atoms with van der Waals surface area (Å²) in [5.41, 5.74) is 6.24. The van der Waals surface area contributed by atoms with Gasteiger partial charge in [-0.05, 0) is 36.9 Å². The second-order valence-electron chi connectivity index (χ2n) is 6.48. The van der Waals surface area contributed by atoms with Crippen LogP contribution in [0.4, 0.5) is 10.1 Å². The van der Waals surface area contributed by atoms with Crippen molar-refractivity contribution >= 4 is 11.6 Å². The van der Waals surface area contributed by atoms with Crippen molar-refractivity contribution < 1.29 is 18.7 Å². The lowest BCUT2D eigenvalue weighted by atomic mass is 9.71. The quantitative estimate of drug-likeness (QED) is 0.715. The fraction of sp³-hybridized carbons (Fsp3) is 0.611. The molecule has 0 unspecified atom stereocenters. The van der Waals surface area contributed by atoms with Crippen LogP contribution in [0.15, 0.2) is 18.2 Å². The molecule has 1 aromatic carbocycles. The van der Waals surface area contributed by atoms with Crippen LogP contribution in [0.2, 0.25) is 0 Å². The number of benzene rings is 1. The number of rotatable bonds is 8. The number of carbonyl (C=O) groups is 1. The maximum atomic E-state index is 14.0. The molecule has 0 saturated heterocycles. The lowest BCUT2D eigenvalue weighted by Gasteiger charge is -2.35. The normalized spacial score (nSPS) is 16.6. The Kier molecular flexibility index (Phi) is 6.99. The van der Waals surface area contributed by atoms with Crippen LogP contribution in [-0.4, -0.2) is 32.8 Å². The predicted octanol–water partition coefficient (Wildman–Crippen LogP) is 3.09. The van der Waals surface area contributed by atoms with Crippen molar-refractivity contribution in [3.05, 3.63) is 24.0 Å². The van der Waals surface area contributed by atoms with Crippen molar-refractivity contribution in [3.8, 4) is 5.75 Å². The van der Waals surface area contributed by atoms with Crippen molar-refractivity contribution in [2.45, 2.75) is 38.5 Å². The monoisotopic (exact) mass is 338 g/mol. The summed E-state index contributed by atoms with van der Waals surface area (Å²) in [6.45, 7) is 1.18. The van der Waals surface area contributed by atoms with Crippen LogP contribution in [0.1, 0.15) is 38.5 Å². The summed E-state index contributed by atoms with van der Waals surface area (Å²) in [6.07, 6.45) is 5.80. The molecule has 0 atom stereocenters. The molecule has 1 fully saturated rings. The molecule has 6 heteroatoms. The summed E-state index contributed by atoms with van der Waals surface area (Å²) in [4.78, 5) is 12.3. The molecule has 5 nitrogen and oxygen atoms in total. The summed E-state index contributed by atoms with van der Waals surface area (Å²) in [7, 11) is 1.55. The molecule has 0 aliphatic heterocycles. The Hall–Kier alpha value is -1.66. The maximum Gasteiger partial charge on any atom is 0.224 e. The minimum atomic E-state index is -0.505. The van der Waals surface area contributed by atoms with Crippen LogP contribution >= 0.6 is 0 Å². The third kappa shape index (κ3) is 5.18. The minimum absolute atomic E-state index is 0.107. The van der Waals surface area contributed by atoms with Crippen LogP contribution in [0.25, 0.3) is 0 Å². The van der Waals surface area contributed by atoms with Gasteiger partial charge in [0.2, 0.25) is 5.91 Å². The molecule has 0 aromatic heterocycles. The van der Waals surface area contributed by atoms with Gasteiger partial charge in [-0.25, -0.2) is 4.39 Å². The van der Waals surface area contributed by atoms with Crippen molar-refractivity contribution in [3.63, 3.8) is 0 Å². The fourth-order valence-electron chi connectivity index (χ4n) is 3.23. The molecule has 0 bridgehead atoms. The van der Waals surface area contributed by atoms with Gasteiger partial charge in [0.1, 0.15) is 6.61 Å². The number of amides is 1. The highest BCUT2D eigenvalue weighted by atomic mass is 19.1. The number of nitrogens with one attached hydrogen (secondary N) is 1. The highest BCUT2D eigenvalue weighted by molar-refractivity contribution is 5.91.